The molecule has 1 amide bonds. The molecule has 1 aliphatic heterocycles. The molecule has 0 radical (unpaired) electrons. The molecule has 5 heteroatoms. The number of fused-ring (bicyclic) bond motifs is 1. The number of benzene rings is 2. The first-order valence-corrected chi connectivity index (χ1v) is 9.82. The van der Waals surface area contributed by atoms with Crippen LogP contribution >= 0.6 is 0 Å². The molecule has 1 aromatic heterocycles. The zero-order chi connectivity index (χ0) is 20.5. The molecule has 1 N–H and O–H groups in total. The second-order valence-electron chi connectivity index (χ2n) is 7.75. The van der Waals surface area contributed by atoms with Crippen molar-refractivity contribution in [3.63, 3.8) is 0 Å². The molecule has 0 saturated heterocycles. The Morgan fingerprint density at radius 1 is 1.03 bits per heavy atom. The summed E-state index contributed by atoms with van der Waals surface area (Å²) in [4.78, 5) is 26.3. The van der Waals surface area contributed by atoms with Crippen LogP contribution in [-0.2, 0) is 24.8 Å². The van der Waals surface area contributed by atoms with E-state index in [0.29, 0.717) is 12.8 Å². The molecule has 0 atom stereocenters. The van der Waals surface area contributed by atoms with Crippen molar-refractivity contribution in [2.75, 3.05) is 17.3 Å². The highest BCUT2D eigenvalue weighted by atomic mass is 16.1. The number of rotatable bonds is 4. The lowest BCUT2D eigenvalue weighted by Gasteiger charge is -2.28. The topological polar surface area (TPSA) is 54.3 Å². The summed E-state index contributed by atoms with van der Waals surface area (Å²) in [6.45, 7) is 2.58. The highest BCUT2D eigenvalue weighted by Gasteiger charge is 2.22. The zero-order valence-electron chi connectivity index (χ0n) is 17.0. The van der Waals surface area contributed by atoms with E-state index in [1.807, 2.05) is 44.4 Å². The Morgan fingerprint density at radius 3 is 2.52 bits per heavy atom. The van der Waals surface area contributed by atoms with Crippen molar-refractivity contribution >= 4 is 17.3 Å². The van der Waals surface area contributed by atoms with Gasteiger partial charge in [-0.1, -0.05) is 30.3 Å². The van der Waals surface area contributed by atoms with Gasteiger partial charge in [-0.05, 0) is 53.8 Å². The predicted molar refractivity (Wildman–Crippen MR) is 117 cm³/mol. The molecule has 0 fully saturated rings. The molecule has 5 nitrogen and oxygen atoms in total. The number of pyridine rings is 1. The number of nitrogens with one attached hydrogen (secondary N) is 1. The lowest BCUT2D eigenvalue weighted by atomic mass is 9.95. The SMILES string of the molecule is Cc1cc(-c2cc3c(c(N(C)Cc4ccccc4)c2)NC(=O)CC3)cn(C)c1=O. The summed E-state index contributed by atoms with van der Waals surface area (Å²) < 4.78 is 1.62. The number of aromatic nitrogens is 1. The molecule has 0 aliphatic carbocycles. The van der Waals surface area contributed by atoms with Crippen molar-refractivity contribution in [2.45, 2.75) is 26.3 Å². The first-order chi connectivity index (χ1) is 13.9. The van der Waals surface area contributed by atoms with Gasteiger partial charge in [0.25, 0.3) is 5.56 Å². The van der Waals surface area contributed by atoms with Crippen LogP contribution in [0, 0.1) is 6.92 Å². The van der Waals surface area contributed by atoms with Crippen LogP contribution in [0.15, 0.2) is 59.5 Å². The van der Waals surface area contributed by atoms with E-state index in [2.05, 4.69) is 34.5 Å². The number of carbonyl (C=O) groups is 1. The van der Waals surface area contributed by atoms with E-state index in [1.165, 1.54) is 5.56 Å². The van der Waals surface area contributed by atoms with Crippen molar-refractivity contribution in [3.8, 4) is 11.1 Å². The average molecular weight is 387 g/mol. The van der Waals surface area contributed by atoms with Crippen LogP contribution in [-0.4, -0.2) is 17.5 Å². The van der Waals surface area contributed by atoms with E-state index >= 15 is 0 Å². The van der Waals surface area contributed by atoms with E-state index < -0.39 is 0 Å². The van der Waals surface area contributed by atoms with Gasteiger partial charge < -0.3 is 14.8 Å². The Bertz CT molecular complexity index is 1110. The minimum atomic E-state index is 0.0143. The molecule has 0 unspecified atom stereocenters. The molecular formula is C24H25N3O2. The van der Waals surface area contributed by atoms with Gasteiger partial charge in [0.2, 0.25) is 5.91 Å². The van der Waals surface area contributed by atoms with E-state index in [4.69, 9.17) is 0 Å². The van der Waals surface area contributed by atoms with Crippen LogP contribution in [0.2, 0.25) is 0 Å². The highest BCUT2D eigenvalue weighted by molar-refractivity contribution is 5.99. The minimum absolute atomic E-state index is 0.0143. The number of hydrogen-bond acceptors (Lipinski definition) is 3. The fraction of sp³-hybridized carbons (Fsp3) is 0.250. The lowest BCUT2D eigenvalue weighted by Crippen LogP contribution is -2.24. The summed E-state index contributed by atoms with van der Waals surface area (Å²) in [6, 6.07) is 16.4. The highest BCUT2D eigenvalue weighted by Crippen LogP contribution is 2.38. The smallest absolute Gasteiger partial charge is 0.253 e. The number of carbonyl (C=O) groups excluding carboxylic acids is 1. The molecule has 3 aromatic rings. The van der Waals surface area contributed by atoms with E-state index in [1.54, 1.807) is 11.6 Å². The van der Waals surface area contributed by atoms with E-state index in [-0.39, 0.29) is 11.5 Å². The second kappa shape index (κ2) is 7.59. The quantitative estimate of drug-likeness (QED) is 0.739. The molecule has 4 rings (SSSR count). The van der Waals surface area contributed by atoms with E-state index in [0.717, 1.165) is 40.2 Å². The first-order valence-electron chi connectivity index (χ1n) is 9.82. The normalized spacial score (nSPS) is 13.0. The molecule has 0 spiro atoms. The number of anilines is 2. The molecule has 0 bridgehead atoms. The van der Waals surface area contributed by atoms with Gasteiger partial charge in [-0.3, -0.25) is 9.59 Å². The predicted octanol–water partition coefficient (Wildman–Crippen LogP) is 3.88. The van der Waals surface area contributed by atoms with Crippen molar-refractivity contribution < 1.29 is 4.79 Å². The van der Waals surface area contributed by atoms with Gasteiger partial charge >= 0.3 is 0 Å². The monoisotopic (exact) mass is 387 g/mol. The number of nitrogens with zero attached hydrogens (tertiary/aromatic N) is 2. The largest absolute Gasteiger partial charge is 0.369 e. The molecule has 29 heavy (non-hydrogen) atoms. The van der Waals surface area contributed by atoms with Gasteiger partial charge in [0.1, 0.15) is 0 Å². The fourth-order valence-electron chi connectivity index (χ4n) is 3.92. The van der Waals surface area contributed by atoms with Crippen LogP contribution in [0.4, 0.5) is 11.4 Å². The van der Waals surface area contributed by atoms with Crippen molar-refractivity contribution in [3.05, 3.63) is 81.8 Å². The number of hydrogen-bond donors (Lipinski definition) is 1. The summed E-state index contributed by atoms with van der Waals surface area (Å²) in [7, 11) is 3.82. The minimum Gasteiger partial charge on any atom is -0.369 e. The Labute approximate surface area is 170 Å². The van der Waals surface area contributed by atoms with Crippen LogP contribution in [0.1, 0.15) is 23.1 Å². The van der Waals surface area contributed by atoms with Crippen molar-refractivity contribution in [1.29, 1.82) is 0 Å². The zero-order valence-corrected chi connectivity index (χ0v) is 17.0. The molecule has 1 aliphatic rings. The maximum Gasteiger partial charge on any atom is 0.253 e. The third kappa shape index (κ3) is 3.81. The van der Waals surface area contributed by atoms with Crippen LogP contribution in [0.25, 0.3) is 11.1 Å². The molecular weight excluding hydrogens is 362 g/mol. The van der Waals surface area contributed by atoms with Gasteiger partial charge in [0.05, 0.1) is 11.4 Å². The lowest BCUT2D eigenvalue weighted by molar-refractivity contribution is -0.116. The molecule has 2 aromatic carbocycles. The fourth-order valence-corrected chi connectivity index (χ4v) is 3.92. The van der Waals surface area contributed by atoms with Gasteiger partial charge in [0.15, 0.2) is 0 Å². The Kier molecular flexibility index (Phi) is 4.97. The molecule has 0 saturated carbocycles. The maximum atomic E-state index is 12.1. The van der Waals surface area contributed by atoms with Crippen LogP contribution in [0.5, 0.6) is 0 Å². The van der Waals surface area contributed by atoms with Gasteiger partial charge in [-0.15, -0.1) is 0 Å². The summed E-state index contributed by atoms with van der Waals surface area (Å²) in [5.41, 5.74) is 6.99. The van der Waals surface area contributed by atoms with Crippen molar-refractivity contribution in [1.82, 2.24) is 4.57 Å². The summed E-state index contributed by atoms with van der Waals surface area (Å²) in [5.74, 6) is 0.0533. The van der Waals surface area contributed by atoms with Crippen LogP contribution < -0.4 is 15.8 Å². The maximum absolute atomic E-state index is 12.1. The molecule has 2 heterocycles. The Morgan fingerprint density at radius 2 is 1.79 bits per heavy atom. The van der Waals surface area contributed by atoms with Gasteiger partial charge in [0, 0.05) is 38.8 Å². The second-order valence-corrected chi connectivity index (χ2v) is 7.75. The third-order valence-electron chi connectivity index (χ3n) is 5.45. The van der Waals surface area contributed by atoms with Gasteiger partial charge in [-0.25, -0.2) is 0 Å². The Balaban J connectivity index is 1.82. The molecule has 148 valence electrons. The Hall–Kier alpha value is -3.34. The summed E-state index contributed by atoms with van der Waals surface area (Å²) in [5, 5.41) is 3.07. The van der Waals surface area contributed by atoms with Gasteiger partial charge in [-0.2, -0.15) is 0 Å². The first kappa shape index (κ1) is 19.0. The van der Waals surface area contributed by atoms with E-state index in [9.17, 15) is 9.59 Å². The third-order valence-corrected chi connectivity index (χ3v) is 5.45. The summed E-state index contributed by atoms with van der Waals surface area (Å²) >= 11 is 0. The standard InChI is InChI=1S/C24H25N3O2/c1-16-11-20(15-27(3)24(16)29)19-12-18-9-10-22(28)25-23(18)21(13-19)26(2)14-17-7-5-4-6-8-17/h4-8,11-13,15H,9-10,14H2,1-3H3,(H,25,28). The van der Waals surface area contributed by atoms with Crippen molar-refractivity contribution in [2.24, 2.45) is 7.05 Å². The average Bonchev–Trinajstić information content (AvgIpc) is 2.71. The van der Waals surface area contributed by atoms with Crippen LogP contribution in [0.3, 0.4) is 0 Å². The summed E-state index contributed by atoms with van der Waals surface area (Å²) in [6.07, 6.45) is 3.08. The number of aryl methyl sites for hydroxylation is 3. The number of amides is 1.